The van der Waals surface area contributed by atoms with E-state index in [0.717, 1.165) is 4.88 Å². The van der Waals surface area contributed by atoms with Crippen molar-refractivity contribution in [2.45, 2.75) is 13.5 Å². The predicted octanol–water partition coefficient (Wildman–Crippen LogP) is 2.44. The second-order valence-corrected chi connectivity index (χ2v) is 5.77. The van der Waals surface area contributed by atoms with Gasteiger partial charge in [-0.05, 0) is 37.3 Å². The number of hydrogen-bond acceptors (Lipinski definition) is 3. The summed E-state index contributed by atoms with van der Waals surface area (Å²) < 4.78 is 13.9. The van der Waals surface area contributed by atoms with E-state index >= 15 is 0 Å². The second-order valence-electron chi connectivity index (χ2n) is 4.40. The summed E-state index contributed by atoms with van der Waals surface area (Å²) in [6, 6.07) is 8.22. The second kappa shape index (κ2) is 7.02. The van der Waals surface area contributed by atoms with E-state index in [9.17, 15) is 9.18 Å². The van der Waals surface area contributed by atoms with Gasteiger partial charge in [-0.15, -0.1) is 11.3 Å². The Morgan fingerprint density at radius 3 is 2.81 bits per heavy atom. The molecule has 108 valence electrons. The van der Waals surface area contributed by atoms with Crippen molar-refractivity contribution in [3.8, 4) is 11.8 Å². The first-order chi connectivity index (χ1) is 10.1. The number of thiophene rings is 1. The molecule has 1 aromatic heterocycles. The van der Waals surface area contributed by atoms with Crippen LogP contribution in [0.15, 0.2) is 30.3 Å². The van der Waals surface area contributed by atoms with Gasteiger partial charge in [-0.1, -0.05) is 11.8 Å². The summed E-state index contributed by atoms with van der Waals surface area (Å²) in [5, 5.41) is 2.71. The molecule has 1 heterocycles. The minimum atomic E-state index is -0.585. The average Bonchev–Trinajstić information content (AvgIpc) is 2.88. The molecule has 0 bridgehead atoms. The summed E-state index contributed by atoms with van der Waals surface area (Å²) in [6.07, 6.45) is 0. The number of nitrogens with one attached hydrogen (secondary N) is 1. The zero-order valence-corrected chi connectivity index (χ0v) is 12.4. The molecule has 3 nitrogen and oxygen atoms in total. The highest BCUT2D eigenvalue weighted by Gasteiger charge is 2.11. The monoisotopic (exact) mass is 302 g/mol. The molecular weight excluding hydrogens is 287 g/mol. The van der Waals surface area contributed by atoms with Gasteiger partial charge in [0.05, 0.1) is 18.7 Å². The van der Waals surface area contributed by atoms with Gasteiger partial charge in [-0.2, -0.15) is 0 Å². The van der Waals surface area contributed by atoms with Crippen molar-refractivity contribution < 1.29 is 9.18 Å². The van der Waals surface area contributed by atoms with Crippen LogP contribution in [0.3, 0.4) is 0 Å². The smallest absolute Gasteiger partial charge is 0.254 e. The number of carbonyl (C=O) groups is 1. The van der Waals surface area contributed by atoms with Crippen LogP contribution in [-0.2, 0) is 6.54 Å². The molecule has 0 aliphatic carbocycles. The van der Waals surface area contributed by atoms with Gasteiger partial charge in [0.1, 0.15) is 5.82 Å². The molecule has 0 fully saturated rings. The third-order valence-corrected chi connectivity index (χ3v) is 3.77. The molecular formula is C16H15FN2OS. The van der Waals surface area contributed by atoms with E-state index in [1.165, 1.54) is 17.0 Å². The minimum Gasteiger partial charge on any atom is -0.347 e. The number of amides is 1. The molecule has 0 saturated heterocycles. The Morgan fingerprint density at radius 2 is 2.19 bits per heavy atom. The molecule has 0 atom stereocenters. The fourth-order valence-corrected chi connectivity index (χ4v) is 2.60. The van der Waals surface area contributed by atoms with E-state index in [4.69, 9.17) is 5.73 Å². The summed E-state index contributed by atoms with van der Waals surface area (Å²) in [5.41, 5.74) is 5.78. The van der Waals surface area contributed by atoms with Crippen LogP contribution in [0.2, 0.25) is 0 Å². The van der Waals surface area contributed by atoms with E-state index in [1.807, 2.05) is 19.1 Å². The van der Waals surface area contributed by atoms with Crippen LogP contribution in [-0.4, -0.2) is 12.5 Å². The topological polar surface area (TPSA) is 55.1 Å². The normalized spacial score (nSPS) is 9.86. The lowest BCUT2D eigenvalue weighted by molar-refractivity contribution is 0.0947. The van der Waals surface area contributed by atoms with Crippen LogP contribution in [0.25, 0.3) is 0 Å². The van der Waals surface area contributed by atoms with E-state index < -0.39 is 11.7 Å². The van der Waals surface area contributed by atoms with Crippen molar-refractivity contribution in [1.29, 1.82) is 0 Å². The maximum absolute atomic E-state index is 13.9. The molecule has 0 saturated carbocycles. The van der Waals surface area contributed by atoms with Crippen LogP contribution in [0.4, 0.5) is 4.39 Å². The molecule has 21 heavy (non-hydrogen) atoms. The van der Waals surface area contributed by atoms with E-state index in [0.29, 0.717) is 12.1 Å². The van der Waals surface area contributed by atoms with Crippen LogP contribution in [0.1, 0.15) is 25.7 Å². The SMILES string of the molecule is Cc1ccc(CNC(=O)c2ccc(C#CCN)cc2F)s1. The zero-order valence-electron chi connectivity index (χ0n) is 11.6. The molecule has 0 radical (unpaired) electrons. The van der Waals surface area contributed by atoms with Gasteiger partial charge in [0.15, 0.2) is 0 Å². The first kappa shape index (κ1) is 15.2. The molecule has 0 aliphatic heterocycles. The lowest BCUT2D eigenvalue weighted by Gasteiger charge is -2.05. The number of aryl methyl sites for hydroxylation is 1. The number of hydrogen-bond donors (Lipinski definition) is 2. The standard InChI is InChI=1S/C16H15FN2OS/c1-11-4-6-13(21-11)10-19-16(20)14-7-5-12(3-2-8-18)9-15(14)17/h4-7,9H,8,10,18H2,1H3,(H,19,20). The predicted molar refractivity (Wildman–Crippen MR) is 82.6 cm³/mol. The Balaban J connectivity index is 2.05. The zero-order chi connectivity index (χ0) is 15.2. The Kier molecular flexibility index (Phi) is 5.09. The highest BCUT2D eigenvalue weighted by molar-refractivity contribution is 7.11. The van der Waals surface area contributed by atoms with Gasteiger partial charge < -0.3 is 11.1 Å². The summed E-state index contributed by atoms with van der Waals surface area (Å²) in [5.74, 6) is 4.35. The molecule has 0 aliphatic rings. The maximum atomic E-state index is 13.9. The number of nitrogens with two attached hydrogens (primary N) is 1. The number of benzene rings is 1. The van der Waals surface area contributed by atoms with Gasteiger partial charge >= 0.3 is 0 Å². The van der Waals surface area contributed by atoms with Crippen molar-refractivity contribution in [1.82, 2.24) is 5.32 Å². The molecule has 1 amide bonds. The van der Waals surface area contributed by atoms with E-state index in [-0.39, 0.29) is 12.1 Å². The molecule has 2 aromatic rings. The first-order valence-corrected chi connectivity index (χ1v) is 7.24. The Bertz CT molecular complexity index is 713. The number of halogens is 1. The largest absolute Gasteiger partial charge is 0.347 e. The summed E-state index contributed by atoms with van der Waals surface area (Å²) in [7, 11) is 0. The third-order valence-electron chi connectivity index (χ3n) is 2.77. The molecule has 5 heteroatoms. The molecule has 2 rings (SSSR count). The minimum absolute atomic E-state index is 0.0153. The lowest BCUT2D eigenvalue weighted by atomic mass is 10.1. The van der Waals surface area contributed by atoms with E-state index in [2.05, 4.69) is 17.2 Å². The fraction of sp³-hybridized carbons (Fsp3) is 0.188. The first-order valence-electron chi connectivity index (χ1n) is 6.42. The van der Waals surface area contributed by atoms with Gasteiger partial charge in [0, 0.05) is 15.3 Å². The van der Waals surface area contributed by atoms with Gasteiger partial charge in [0.25, 0.3) is 5.91 Å². The van der Waals surface area contributed by atoms with Crippen molar-refractivity contribution in [3.05, 3.63) is 57.0 Å². The van der Waals surface area contributed by atoms with Crippen molar-refractivity contribution in [2.75, 3.05) is 6.54 Å². The van der Waals surface area contributed by atoms with Crippen molar-refractivity contribution >= 4 is 17.2 Å². The molecule has 1 aromatic carbocycles. The lowest BCUT2D eigenvalue weighted by Crippen LogP contribution is -2.23. The number of carbonyl (C=O) groups excluding carboxylic acids is 1. The third kappa shape index (κ3) is 4.15. The van der Waals surface area contributed by atoms with E-state index in [1.54, 1.807) is 17.4 Å². The van der Waals surface area contributed by atoms with Gasteiger partial charge in [0.2, 0.25) is 0 Å². The van der Waals surface area contributed by atoms with Crippen LogP contribution in [0.5, 0.6) is 0 Å². The molecule has 0 spiro atoms. The molecule has 0 unspecified atom stereocenters. The van der Waals surface area contributed by atoms with Gasteiger partial charge in [-0.3, -0.25) is 4.79 Å². The Hall–Kier alpha value is -2.16. The number of rotatable bonds is 3. The van der Waals surface area contributed by atoms with Crippen molar-refractivity contribution in [2.24, 2.45) is 5.73 Å². The highest BCUT2D eigenvalue weighted by Crippen LogP contribution is 2.15. The van der Waals surface area contributed by atoms with Gasteiger partial charge in [-0.25, -0.2) is 4.39 Å². The summed E-state index contributed by atoms with van der Waals surface area (Å²) in [4.78, 5) is 14.2. The average molecular weight is 302 g/mol. The van der Waals surface area contributed by atoms with Crippen molar-refractivity contribution in [3.63, 3.8) is 0 Å². The fourth-order valence-electron chi connectivity index (χ4n) is 1.77. The van der Waals surface area contributed by atoms with Crippen LogP contribution < -0.4 is 11.1 Å². The Labute approximate surface area is 127 Å². The molecule has 3 N–H and O–H groups in total. The summed E-state index contributed by atoms with van der Waals surface area (Å²) >= 11 is 1.60. The Morgan fingerprint density at radius 1 is 1.38 bits per heavy atom. The van der Waals surface area contributed by atoms with Crippen LogP contribution in [0, 0.1) is 24.6 Å². The van der Waals surface area contributed by atoms with Crippen LogP contribution >= 0.6 is 11.3 Å². The maximum Gasteiger partial charge on any atom is 0.254 e. The summed E-state index contributed by atoms with van der Waals surface area (Å²) in [6.45, 7) is 2.60. The highest BCUT2D eigenvalue weighted by atomic mass is 32.1. The quantitative estimate of drug-likeness (QED) is 0.856.